The second kappa shape index (κ2) is 19.4. The molecule has 7 N–H and O–H groups in total. The summed E-state index contributed by atoms with van der Waals surface area (Å²) in [6.45, 7) is 6.55. The number of carboxylic acid groups (broad SMARTS) is 1. The molecule has 0 saturated carbocycles. The lowest BCUT2D eigenvalue weighted by atomic mass is 9.99. The monoisotopic (exact) mass is 627 g/mol. The summed E-state index contributed by atoms with van der Waals surface area (Å²) in [5.74, 6) is -6.52. The van der Waals surface area contributed by atoms with Crippen molar-refractivity contribution >= 4 is 35.6 Å². The zero-order valence-electron chi connectivity index (χ0n) is 24.5. The summed E-state index contributed by atoms with van der Waals surface area (Å²) in [5.41, 5.74) is 5.88. The van der Waals surface area contributed by atoms with Gasteiger partial charge in [-0.2, -0.15) is 13.2 Å². The van der Waals surface area contributed by atoms with Crippen molar-refractivity contribution in [1.82, 2.24) is 21.3 Å². The molecule has 1 heterocycles. The Bertz CT molecular complexity index is 991. The number of nitrogens with one attached hydrogen (secondary N) is 4. The lowest BCUT2D eigenvalue weighted by Crippen LogP contribution is -2.60. The number of hydrogen-bond acceptors (Lipinski definition) is 10. The van der Waals surface area contributed by atoms with Gasteiger partial charge in [-0.1, -0.05) is 39.8 Å². The lowest BCUT2D eigenvalue weighted by molar-refractivity contribution is -0.192. The number of nitrogens with two attached hydrogens (primary N) is 1. The van der Waals surface area contributed by atoms with Gasteiger partial charge in [0.05, 0.1) is 33.5 Å². The van der Waals surface area contributed by atoms with E-state index in [9.17, 15) is 37.1 Å². The molecule has 0 spiro atoms. The van der Waals surface area contributed by atoms with Crippen LogP contribution in [0.15, 0.2) is 12.2 Å². The third kappa shape index (κ3) is 15.9. The fourth-order valence-corrected chi connectivity index (χ4v) is 3.10. The van der Waals surface area contributed by atoms with Crippen molar-refractivity contribution in [1.29, 1.82) is 0 Å². The van der Waals surface area contributed by atoms with Gasteiger partial charge in [-0.15, -0.1) is 0 Å². The summed E-state index contributed by atoms with van der Waals surface area (Å²) >= 11 is 0. The Morgan fingerprint density at radius 2 is 1.40 bits per heavy atom. The van der Waals surface area contributed by atoms with Crippen molar-refractivity contribution in [2.24, 2.45) is 17.6 Å². The molecule has 1 aliphatic rings. The number of amides is 4. The SMILES string of the molecule is COC(=O)CNC(=O)[C@@H]1COCC=CCOC[C@H](N)C(=O)N[C@@H](C(C)C)C(=O)N[C@@H](C(C)C)C(=O)N1.O=C(O)C(F)(F)F. The molecule has 0 fully saturated rings. The molecule has 0 unspecified atom stereocenters. The maximum Gasteiger partial charge on any atom is 0.490 e. The maximum absolute atomic E-state index is 13.1. The second-order valence-electron chi connectivity index (χ2n) is 9.77. The zero-order valence-corrected chi connectivity index (χ0v) is 24.5. The number of carbonyl (C=O) groups excluding carboxylic acids is 5. The molecule has 0 radical (unpaired) electrons. The van der Waals surface area contributed by atoms with E-state index < -0.39 is 65.9 Å². The Balaban J connectivity index is 0.00000223. The topological polar surface area (TPSA) is 224 Å². The van der Waals surface area contributed by atoms with Gasteiger partial charge in [0.15, 0.2) is 0 Å². The van der Waals surface area contributed by atoms with Gasteiger partial charge in [0.1, 0.15) is 30.7 Å². The normalized spacial score (nSPS) is 23.0. The molecule has 43 heavy (non-hydrogen) atoms. The summed E-state index contributed by atoms with van der Waals surface area (Å²) < 4.78 is 47.1. The Morgan fingerprint density at radius 1 is 0.953 bits per heavy atom. The van der Waals surface area contributed by atoms with Crippen LogP contribution in [0.4, 0.5) is 13.2 Å². The average molecular weight is 628 g/mol. The van der Waals surface area contributed by atoms with Crippen LogP contribution < -0.4 is 27.0 Å². The first-order valence-electron chi connectivity index (χ1n) is 13.0. The molecule has 0 bridgehead atoms. The molecular formula is C25H40F3N5O10. The van der Waals surface area contributed by atoms with E-state index in [4.69, 9.17) is 25.1 Å². The van der Waals surface area contributed by atoms with E-state index in [0.29, 0.717) is 0 Å². The Kier molecular flexibility index (Phi) is 17.7. The molecule has 15 nitrogen and oxygen atoms in total. The molecule has 0 aromatic carbocycles. The van der Waals surface area contributed by atoms with Crippen molar-refractivity contribution < 1.29 is 61.3 Å². The molecule has 1 aliphatic heterocycles. The maximum atomic E-state index is 13.1. The smallest absolute Gasteiger partial charge is 0.475 e. The molecule has 18 heteroatoms. The highest BCUT2D eigenvalue weighted by Crippen LogP contribution is 2.13. The highest BCUT2D eigenvalue weighted by atomic mass is 19.4. The van der Waals surface area contributed by atoms with Crippen LogP contribution in [0.2, 0.25) is 0 Å². The first-order chi connectivity index (χ1) is 19.9. The number of esters is 1. The molecular weight excluding hydrogens is 587 g/mol. The highest BCUT2D eigenvalue weighted by molar-refractivity contribution is 5.95. The van der Waals surface area contributed by atoms with Crippen molar-refractivity contribution in [3.63, 3.8) is 0 Å². The molecule has 0 aromatic heterocycles. The van der Waals surface area contributed by atoms with Gasteiger partial charge in [0, 0.05) is 0 Å². The van der Waals surface area contributed by atoms with Crippen LogP contribution in [-0.4, -0.2) is 111 Å². The van der Waals surface area contributed by atoms with Gasteiger partial charge < -0.3 is 46.3 Å². The van der Waals surface area contributed by atoms with Crippen LogP contribution >= 0.6 is 0 Å². The first kappa shape index (κ1) is 39.2. The molecule has 0 aliphatic carbocycles. The Labute approximate surface area is 246 Å². The standard InChI is InChI=1S/C23H39N5O8.C2HF3O2/c1-13(2)18-22(32)26-16(21(31)25-10-17(29)34-5)12-36-9-7-6-8-35-11-15(24)20(30)27-19(14(3)4)23(33)28-18;3-2(4,5)1(6)7/h6-7,13-16,18-19H,8-12,24H2,1-5H3,(H,25,31)(H,26,32)(H,27,30)(H,28,33);(H,6,7)/t15-,16-,18-,19-;/m0./s1. The summed E-state index contributed by atoms with van der Waals surface area (Å²) in [7, 11) is 1.18. The molecule has 0 saturated heterocycles. The van der Waals surface area contributed by atoms with Gasteiger partial charge >= 0.3 is 18.1 Å². The Hall–Kier alpha value is -3.77. The van der Waals surface area contributed by atoms with Crippen LogP contribution in [-0.2, 0) is 43.0 Å². The van der Waals surface area contributed by atoms with Crippen molar-refractivity contribution in [3.8, 4) is 0 Å². The quantitative estimate of drug-likeness (QED) is 0.154. The summed E-state index contributed by atoms with van der Waals surface area (Å²) in [6, 6.07) is -4.13. The zero-order chi connectivity index (χ0) is 33.3. The number of methoxy groups -OCH3 is 1. The molecule has 0 aromatic rings. The number of carbonyl (C=O) groups is 6. The van der Waals surface area contributed by atoms with Crippen LogP contribution in [0.25, 0.3) is 0 Å². The fraction of sp³-hybridized carbons (Fsp3) is 0.680. The summed E-state index contributed by atoms with van der Waals surface area (Å²) in [6.07, 6.45) is -1.79. The van der Waals surface area contributed by atoms with E-state index in [1.165, 1.54) is 7.11 Å². The minimum atomic E-state index is -5.08. The number of ether oxygens (including phenoxy) is 3. The number of hydrogen-bond donors (Lipinski definition) is 6. The molecule has 246 valence electrons. The Morgan fingerprint density at radius 3 is 1.84 bits per heavy atom. The van der Waals surface area contributed by atoms with Crippen LogP contribution in [0, 0.1) is 11.8 Å². The minimum absolute atomic E-state index is 0.0665. The number of carboxylic acids is 1. The van der Waals surface area contributed by atoms with Crippen LogP contribution in [0.1, 0.15) is 27.7 Å². The average Bonchev–Trinajstić information content (AvgIpc) is 2.92. The third-order valence-corrected chi connectivity index (χ3v) is 5.52. The van der Waals surface area contributed by atoms with Gasteiger partial charge in [0.2, 0.25) is 23.6 Å². The van der Waals surface area contributed by atoms with Gasteiger partial charge in [-0.05, 0) is 11.8 Å². The number of alkyl halides is 3. The summed E-state index contributed by atoms with van der Waals surface area (Å²) in [4.78, 5) is 71.6. The van der Waals surface area contributed by atoms with E-state index in [1.807, 2.05) is 0 Å². The summed E-state index contributed by atoms with van der Waals surface area (Å²) in [5, 5.41) is 17.4. The van der Waals surface area contributed by atoms with E-state index >= 15 is 0 Å². The second-order valence-corrected chi connectivity index (χ2v) is 9.77. The van der Waals surface area contributed by atoms with Crippen molar-refractivity contribution in [2.75, 3.05) is 40.1 Å². The fourth-order valence-electron chi connectivity index (χ4n) is 3.10. The largest absolute Gasteiger partial charge is 0.490 e. The minimum Gasteiger partial charge on any atom is -0.475 e. The van der Waals surface area contributed by atoms with Gasteiger partial charge in [-0.3, -0.25) is 24.0 Å². The van der Waals surface area contributed by atoms with Crippen molar-refractivity contribution in [3.05, 3.63) is 12.2 Å². The van der Waals surface area contributed by atoms with Crippen molar-refractivity contribution in [2.45, 2.75) is 58.0 Å². The van der Waals surface area contributed by atoms with Crippen LogP contribution in [0.5, 0.6) is 0 Å². The lowest BCUT2D eigenvalue weighted by Gasteiger charge is -2.29. The third-order valence-electron chi connectivity index (χ3n) is 5.52. The van der Waals surface area contributed by atoms with Gasteiger partial charge in [-0.25, -0.2) is 4.79 Å². The first-order valence-corrected chi connectivity index (χ1v) is 13.0. The number of halogens is 3. The molecule has 4 atom stereocenters. The van der Waals surface area contributed by atoms with Crippen LogP contribution in [0.3, 0.4) is 0 Å². The number of rotatable bonds is 5. The molecule has 4 amide bonds. The van der Waals surface area contributed by atoms with E-state index in [2.05, 4.69) is 26.0 Å². The van der Waals surface area contributed by atoms with E-state index in [0.717, 1.165) is 0 Å². The van der Waals surface area contributed by atoms with Gasteiger partial charge in [0.25, 0.3) is 0 Å². The van der Waals surface area contributed by atoms with E-state index in [-0.39, 0.29) is 44.8 Å². The highest BCUT2D eigenvalue weighted by Gasteiger charge is 2.38. The number of aliphatic carboxylic acids is 1. The predicted molar refractivity (Wildman–Crippen MR) is 143 cm³/mol. The predicted octanol–water partition coefficient (Wildman–Crippen LogP) is -1.39. The molecule has 1 rings (SSSR count). The van der Waals surface area contributed by atoms with E-state index in [1.54, 1.807) is 39.8 Å².